The minimum Gasteiger partial charge on any atom is -0.312 e. The number of hydrogen-bond donors (Lipinski definition) is 1. The second-order valence-electron chi connectivity index (χ2n) is 5.45. The van der Waals surface area contributed by atoms with Crippen molar-refractivity contribution < 1.29 is 0 Å². The van der Waals surface area contributed by atoms with E-state index in [0.717, 1.165) is 16.6 Å². The molecule has 1 aromatic heterocycles. The number of thioether (sulfide) groups is 1. The molecule has 1 atom stereocenters. The van der Waals surface area contributed by atoms with Crippen LogP contribution in [0.5, 0.6) is 0 Å². The number of benzene rings is 1. The van der Waals surface area contributed by atoms with Gasteiger partial charge in [-0.3, -0.25) is 0 Å². The monoisotopic (exact) mass is 301 g/mol. The van der Waals surface area contributed by atoms with E-state index >= 15 is 0 Å². The molecule has 0 radical (unpaired) electrons. The largest absolute Gasteiger partial charge is 0.312 e. The number of nitrogens with one attached hydrogen (secondary N) is 1. The van der Waals surface area contributed by atoms with E-state index in [-0.39, 0.29) is 0 Å². The van der Waals surface area contributed by atoms with Crippen molar-refractivity contribution in [3.05, 3.63) is 52.3 Å². The second kappa shape index (κ2) is 7.05. The lowest BCUT2D eigenvalue weighted by Crippen LogP contribution is -2.21. The van der Waals surface area contributed by atoms with E-state index in [2.05, 4.69) is 48.2 Å². The van der Waals surface area contributed by atoms with Crippen molar-refractivity contribution in [2.75, 3.05) is 12.8 Å². The zero-order valence-electron chi connectivity index (χ0n) is 13.4. The molecule has 1 aromatic carbocycles. The Labute approximate surface area is 131 Å². The van der Waals surface area contributed by atoms with Crippen LogP contribution in [0.15, 0.2) is 29.6 Å². The third kappa shape index (κ3) is 4.05. The van der Waals surface area contributed by atoms with Gasteiger partial charge in [0.25, 0.3) is 0 Å². The van der Waals surface area contributed by atoms with Crippen molar-refractivity contribution in [3.63, 3.8) is 0 Å². The van der Waals surface area contributed by atoms with Gasteiger partial charge in [0, 0.05) is 23.7 Å². The SMILES string of the molecule is CNC(CSc1nccc(C)n1)c1c(C)cc(C)cc1C. The van der Waals surface area contributed by atoms with Gasteiger partial charge in [0.15, 0.2) is 5.16 Å². The minimum atomic E-state index is 0.305. The molecule has 1 unspecified atom stereocenters. The van der Waals surface area contributed by atoms with Crippen molar-refractivity contribution >= 4 is 11.8 Å². The average Bonchev–Trinajstić information content (AvgIpc) is 2.41. The quantitative estimate of drug-likeness (QED) is 0.674. The van der Waals surface area contributed by atoms with Crippen LogP contribution in [0.4, 0.5) is 0 Å². The maximum absolute atomic E-state index is 4.46. The Hall–Kier alpha value is -1.39. The van der Waals surface area contributed by atoms with E-state index in [4.69, 9.17) is 0 Å². The van der Waals surface area contributed by atoms with Gasteiger partial charge < -0.3 is 5.32 Å². The summed E-state index contributed by atoms with van der Waals surface area (Å²) in [7, 11) is 2.01. The third-order valence-electron chi connectivity index (χ3n) is 3.59. The molecule has 4 heteroatoms. The number of aromatic nitrogens is 2. The highest BCUT2D eigenvalue weighted by Gasteiger charge is 2.16. The first kappa shape index (κ1) is 16.0. The highest BCUT2D eigenvalue weighted by atomic mass is 32.2. The second-order valence-corrected chi connectivity index (χ2v) is 6.43. The van der Waals surface area contributed by atoms with Crippen LogP contribution in [-0.2, 0) is 0 Å². The maximum Gasteiger partial charge on any atom is 0.187 e. The molecule has 0 bridgehead atoms. The van der Waals surface area contributed by atoms with Crippen LogP contribution in [0.2, 0.25) is 0 Å². The molecule has 0 aliphatic heterocycles. The van der Waals surface area contributed by atoms with Crippen molar-refractivity contribution in [1.29, 1.82) is 0 Å². The standard InChI is InChI=1S/C17H23N3S/c1-11-8-12(2)16(13(3)9-11)15(18-5)10-21-17-19-7-6-14(4)20-17/h6-9,15,18H,10H2,1-5H3. The first-order valence-corrected chi connectivity index (χ1v) is 8.17. The van der Waals surface area contributed by atoms with Gasteiger partial charge in [-0.25, -0.2) is 9.97 Å². The Bertz CT molecular complexity index is 602. The van der Waals surface area contributed by atoms with E-state index in [1.807, 2.05) is 26.2 Å². The molecule has 1 N–H and O–H groups in total. The van der Waals surface area contributed by atoms with Gasteiger partial charge >= 0.3 is 0 Å². The fraction of sp³-hybridized carbons (Fsp3) is 0.412. The van der Waals surface area contributed by atoms with Crippen LogP contribution in [0, 0.1) is 27.7 Å². The molecule has 0 aliphatic rings. The minimum absolute atomic E-state index is 0.305. The molecule has 1 heterocycles. The Balaban J connectivity index is 2.17. The summed E-state index contributed by atoms with van der Waals surface area (Å²) in [6, 6.07) is 6.73. The molecule has 0 fully saturated rings. The molecule has 0 aliphatic carbocycles. The van der Waals surface area contributed by atoms with Crippen LogP contribution >= 0.6 is 11.8 Å². The Kier molecular flexibility index (Phi) is 5.37. The zero-order valence-corrected chi connectivity index (χ0v) is 14.2. The van der Waals surface area contributed by atoms with E-state index in [1.165, 1.54) is 22.3 Å². The van der Waals surface area contributed by atoms with E-state index < -0.39 is 0 Å². The fourth-order valence-corrected chi connectivity index (χ4v) is 3.70. The van der Waals surface area contributed by atoms with Crippen LogP contribution in [0.3, 0.4) is 0 Å². The molecule has 2 aromatic rings. The Morgan fingerprint density at radius 1 is 1.14 bits per heavy atom. The molecular weight excluding hydrogens is 278 g/mol. The molecule has 0 spiro atoms. The van der Waals surface area contributed by atoms with Gasteiger partial charge in [-0.1, -0.05) is 29.5 Å². The molecule has 0 amide bonds. The Morgan fingerprint density at radius 2 is 1.81 bits per heavy atom. The lowest BCUT2D eigenvalue weighted by molar-refractivity contribution is 0.652. The predicted octanol–water partition coefficient (Wildman–Crippen LogP) is 3.76. The van der Waals surface area contributed by atoms with Gasteiger partial charge in [-0.05, 0) is 57.5 Å². The van der Waals surface area contributed by atoms with Crippen LogP contribution in [-0.4, -0.2) is 22.8 Å². The van der Waals surface area contributed by atoms with Gasteiger partial charge in [-0.15, -0.1) is 0 Å². The normalized spacial score (nSPS) is 12.4. The van der Waals surface area contributed by atoms with Crippen LogP contribution in [0.25, 0.3) is 0 Å². The van der Waals surface area contributed by atoms with Gasteiger partial charge in [-0.2, -0.15) is 0 Å². The van der Waals surface area contributed by atoms with Crippen molar-refractivity contribution in [1.82, 2.24) is 15.3 Å². The topological polar surface area (TPSA) is 37.8 Å². The summed E-state index contributed by atoms with van der Waals surface area (Å²) in [4.78, 5) is 8.78. The number of aryl methyl sites for hydroxylation is 4. The summed E-state index contributed by atoms with van der Waals surface area (Å²) in [5.74, 6) is 0.921. The van der Waals surface area contributed by atoms with Crippen molar-refractivity contribution in [3.8, 4) is 0 Å². The average molecular weight is 301 g/mol. The highest BCUT2D eigenvalue weighted by Crippen LogP contribution is 2.28. The number of rotatable bonds is 5. The van der Waals surface area contributed by atoms with Crippen LogP contribution < -0.4 is 5.32 Å². The first-order chi connectivity index (χ1) is 10.0. The summed E-state index contributed by atoms with van der Waals surface area (Å²) in [6.07, 6.45) is 1.82. The van der Waals surface area contributed by atoms with Gasteiger partial charge in [0.2, 0.25) is 0 Å². The number of nitrogens with zero attached hydrogens (tertiary/aromatic N) is 2. The summed E-state index contributed by atoms with van der Waals surface area (Å²) in [5.41, 5.74) is 6.41. The molecule has 2 rings (SSSR count). The molecule has 21 heavy (non-hydrogen) atoms. The van der Waals surface area contributed by atoms with E-state index in [0.29, 0.717) is 6.04 Å². The molecule has 0 saturated carbocycles. The van der Waals surface area contributed by atoms with Gasteiger partial charge in [0.1, 0.15) is 0 Å². The van der Waals surface area contributed by atoms with E-state index in [9.17, 15) is 0 Å². The fourth-order valence-electron chi connectivity index (χ4n) is 2.71. The maximum atomic E-state index is 4.46. The zero-order chi connectivity index (χ0) is 15.4. The third-order valence-corrected chi connectivity index (χ3v) is 4.54. The van der Waals surface area contributed by atoms with Crippen molar-refractivity contribution in [2.24, 2.45) is 0 Å². The predicted molar refractivity (Wildman–Crippen MR) is 89.9 cm³/mol. The summed E-state index contributed by atoms with van der Waals surface area (Å²) >= 11 is 1.70. The summed E-state index contributed by atoms with van der Waals surface area (Å²) < 4.78 is 0. The lowest BCUT2D eigenvalue weighted by Gasteiger charge is -2.21. The van der Waals surface area contributed by atoms with Crippen molar-refractivity contribution in [2.45, 2.75) is 38.9 Å². The smallest absolute Gasteiger partial charge is 0.187 e. The summed E-state index contributed by atoms with van der Waals surface area (Å²) in [5, 5.41) is 4.27. The van der Waals surface area contributed by atoms with Crippen LogP contribution in [0.1, 0.15) is 34.0 Å². The molecule has 112 valence electrons. The lowest BCUT2D eigenvalue weighted by atomic mass is 9.95. The Morgan fingerprint density at radius 3 is 2.38 bits per heavy atom. The first-order valence-electron chi connectivity index (χ1n) is 7.18. The van der Waals surface area contributed by atoms with E-state index in [1.54, 1.807) is 11.8 Å². The molecule has 0 saturated heterocycles. The highest BCUT2D eigenvalue weighted by molar-refractivity contribution is 7.99. The number of hydrogen-bond acceptors (Lipinski definition) is 4. The summed E-state index contributed by atoms with van der Waals surface area (Å²) in [6.45, 7) is 8.52. The van der Waals surface area contributed by atoms with Gasteiger partial charge in [0.05, 0.1) is 0 Å². The molecule has 3 nitrogen and oxygen atoms in total. The molecular formula is C17H23N3S.